The number of aliphatic hydroxyl groups is 2. The monoisotopic (exact) mass is 476 g/mol. The zero-order valence-electron chi connectivity index (χ0n) is 19.8. The van der Waals surface area contributed by atoms with E-state index in [1.54, 1.807) is 0 Å². The average molecular weight is 477 g/mol. The summed E-state index contributed by atoms with van der Waals surface area (Å²) >= 11 is 0. The van der Waals surface area contributed by atoms with E-state index in [-0.39, 0.29) is 43.5 Å². The maximum Gasteiger partial charge on any atom is 0.303 e. The number of carboxylic acids is 1. The van der Waals surface area contributed by atoms with Gasteiger partial charge in [-0.1, -0.05) is 25.5 Å². The van der Waals surface area contributed by atoms with Crippen molar-refractivity contribution in [2.24, 2.45) is 11.8 Å². The van der Waals surface area contributed by atoms with Crippen molar-refractivity contribution in [3.05, 3.63) is 12.2 Å². The second-order valence-corrected chi connectivity index (χ2v) is 9.55. The van der Waals surface area contributed by atoms with E-state index in [4.69, 9.17) is 14.6 Å². The Balaban J connectivity index is 1.98. The summed E-state index contributed by atoms with van der Waals surface area (Å²) in [5.74, 6) is -4.26. The summed E-state index contributed by atoms with van der Waals surface area (Å²) in [5.41, 5.74) is 0. The van der Waals surface area contributed by atoms with Crippen LogP contribution in [0.4, 0.5) is 8.78 Å². The summed E-state index contributed by atoms with van der Waals surface area (Å²) in [4.78, 5) is 10.6. The minimum Gasteiger partial charge on any atom is -0.481 e. The first-order valence-electron chi connectivity index (χ1n) is 12.6. The van der Waals surface area contributed by atoms with Crippen molar-refractivity contribution < 1.29 is 38.4 Å². The molecule has 1 heterocycles. The molecule has 1 aliphatic carbocycles. The SMILES string of the molecule is CCCCC(F)(F)C(O)CCC1C(OC2CCCCO2)CC(O)C1C/C=C/CCCC(=O)O. The molecule has 0 aromatic carbocycles. The third-order valence-electron chi connectivity index (χ3n) is 6.92. The van der Waals surface area contributed by atoms with Crippen LogP contribution in [-0.4, -0.2) is 58.4 Å². The molecule has 0 amide bonds. The highest BCUT2D eigenvalue weighted by Gasteiger charge is 2.45. The Morgan fingerprint density at radius 1 is 1.24 bits per heavy atom. The number of allylic oxidation sites excluding steroid dienone is 2. The van der Waals surface area contributed by atoms with E-state index in [1.807, 2.05) is 19.1 Å². The highest BCUT2D eigenvalue weighted by atomic mass is 19.3. The number of aliphatic carboxylic acids is 1. The zero-order chi connectivity index (χ0) is 24.3. The van der Waals surface area contributed by atoms with E-state index in [9.17, 15) is 23.8 Å². The van der Waals surface area contributed by atoms with Gasteiger partial charge in [0.25, 0.3) is 5.92 Å². The lowest BCUT2D eigenvalue weighted by Crippen LogP contribution is -2.36. The fraction of sp³-hybridized carbons (Fsp3) is 0.880. The summed E-state index contributed by atoms with van der Waals surface area (Å²) in [7, 11) is 0. The highest BCUT2D eigenvalue weighted by Crippen LogP contribution is 2.42. The predicted octanol–water partition coefficient (Wildman–Crippen LogP) is 5.06. The number of aliphatic hydroxyl groups excluding tert-OH is 2. The summed E-state index contributed by atoms with van der Waals surface area (Å²) in [6.07, 6.45) is 6.95. The minimum absolute atomic E-state index is 0.0433. The second-order valence-electron chi connectivity index (χ2n) is 9.55. The third-order valence-corrected chi connectivity index (χ3v) is 6.92. The molecule has 0 aromatic heterocycles. The Morgan fingerprint density at radius 2 is 2.03 bits per heavy atom. The van der Waals surface area contributed by atoms with Gasteiger partial charge in [0.05, 0.1) is 12.2 Å². The first kappa shape index (κ1) is 28.1. The zero-order valence-corrected chi connectivity index (χ0v) is 19.8. The van der Waals surface area contributed by atoms with Gasteiger partial charge in [0.2, 0.25) is 0 Å². The van der Waals surface area contributed by atoms with Crippen molar-refractivity contribution in [3.8, 4) is 0 Å². The standard InChI is InChI=1S/C25H42F2O6/c1-2-3-15-25(26,27)22(29)14-13-19-18(10-6-4-5-7-11-23(30)31)20(28)17-21(19)33-24-12-8-9-16-32-24/h4,6,18-22,24,28-29H,2-3,5,7-17H2,1H3,(H,30,31)/b6-4+. The smallest absolute Gasteiger partial charge is 0.303 e. The van der Waals surface area contributed by atoms with E-state index < -0.39 is 24.1 Å². The lowest BCUT2D eigenvalue weighted by atomic mass is 9.85. The van der Waals surface area contributed by atoms with Crippen LogP contribution in [0.2, 0.25) is 0 Å². The molecule has 6 nitrogen and oxygen atoms in total. The van der Waals surface area contributed by atoms with Crippen LogP contribution in [0, 0.1) is 11.8 Å². The van der Waals surface area contributed by atoms with Crippen molar-refractivity contribution in [1.82, 2.24) is 0 Å². The highest BCUT2D eigenvalue weighted by molar-refractivity contribution is 5.66. The van der Waals surface area contributed by atoms with Gasteiger partial charge < -0.3 is 24.8 Å². The lowest BCUT2D eigenvalue weighted by Gasteiger charge is -2.31. The fourth-order valence-electron chi connectivity index (χ4n) is 4.93. The second kappa shape index (κ2) is 14.3. The molecule has 1 aliphatic heterocycles. The summed E-state index contributed by atoms with van der Waals surface area (Å²) in [6.45, 7) is 2.48. The van der Waals surface area contributed by atoms with Crippen LogP contribution in [0.3, 0.4) is 0 Å². The average Bonchev–Trinajstić information content (AvgIpc) is 3.07. The minimum atomic E-state index is -3.12. The molecule has 2 aliphatic rings. The fourth-order valence-corrected chi connectivity index (χ4v) is 4.93. The van der Waals surface area contributed by atoms with Gasteiger partial charge in [0, 0.05) is 25.9 Å². The molecule has 1 saturated carbocycles. The van der Waals surface area contributed by atoms with Gasteiger partial charge in [-0.05, 0) is 69.6 Å². The summed E-state index contributed by atoms with van der Waals surface area (Å²) in [6, 6.07) is 0. The van der Waals surface area contributed by atoms with Crippen LogP contribution in [-0.2, 0) is 14.3 Å². The Morgan fingerprint density at radius 3 is 2.70 bits per heavy atom. The van der Waals surface area contributed by atoms with Gasteiger partial charge in [-0.2, -0.15) is 0 Å². The van der Waals surface area contributed by atoms with Gasteiger partial charge in [0.1, 0.15) is 6.10 Å². The Bertz CT molecular complexity index is 593. The molecule has 6 atom stereocenters. The van der Waals surface area contributed by atoms with Gasteiger partial charge in [-0.15, -0.1) is 0 Å². The molecule has 3 N–H and O–H groups in total. The number of hydrogen-bond acceptors (Lipinski definition) is 5. The third kappa shape index (κ3) is 9.59. The molecular weight excluding hydrogens is 434 g/mol. The van der Waals surface area contributed by atoms with Gasteiger partial charge >= 0.3 is 5.97 Å². The molecule has 0 aromatic rings. The number of alkyl halides is 2. The summed E-state index contributed by atoms with van der Waals surface area (Å²) < 4.78 is 40.5. The molecule has 2 rings (SSSR count). The molecule has 0 bridgehead atoms. The molecule has 1 saturated heterocycles. The maximum atomic E-state index is 14.3. The van der Waals surface area contributed by atoms with Crippen molar-refractivity contribution in [3.63, 3.8) is 0 Å². The van der Waals surface area contributed by atoms with E-state index in [1.165, 1.54) is 0 Å². The van der Waals surface area contributed by atoms with Crippen molar-refractivity contribution in [1.29, 1.82) is 0 Å². The number of hydrogen-bond donors (Lipinski definition) is 3. The van der Waals surface area contributed by atoms with Crippen LogP contribution in [0.5, 0.6) is 0 Å². The summed E-state index contributed by atoms with van der Waals surface area (Å²) in [5, 5.41) is 29.7. The molecule has 192 valence electrons. The molecule has 6 unspecified atom stereocenters. The molecule has 0 radical (unpaired) electrons. The van der Waals surface area contributed by atoms with Crippen LogP contribution in [0.25, 0.3) is 0 Å². The van der Waals surface area contributed by atoms with Crippen LogP contribution in [0.1, 0.15) is 90.4 Å². The number of carboxylic acid groups (broad SMARTS) is 1. The van der Waals surface area contributed by atoms with E-state index in [2.05, 4.69) is 0 Å². The maximum absolute atomic E-state index is 14.3. The lowest BCUT2D eigenvalue weighted by molar-refractivity contribution is -0.197. The number of halogens is 2. The quantitative estimate of drug-likeness (QED) is 0.226. The van der Waals surface area contributed by atoms with E-state index in [0.29, 0.717) is 51.6 Å². The number of carbonyl (C=O) groups is 1. The first-order chi connectivity index (χ1) is 15.7. The number of rotatable bonds is 15. The van der Waals surface area contributed by atoms with Crippen LogP contribution < -0.4 is 0 Å². The largest absolute Gasteiger partial charge is 0.481 e. The van der Waals surface area contributed by atoms with Crippen molar-refractivity contribution >= 4 is 5.97 Å². The van der Waals surface area contributed by atoms with Gasteiger partial charge in [-0.25, -0.2) is 8.78 Å². The van der Waals surface area contributed by atoms with Crippen molar-refractivity contribution in [2.75, 3.05) is 6.61 Å². The van der Waals surface area contributed by atoms with E-state index in [0.717, 1.165) is 19.3 Å². The number of ether oxygens (including phenoxy) is 2. The molecular formula is C25H42F2O6. The molecule has 0 spiro atoms. The topological polar surface area (TPSA) is 96.2 Å². The van der Waals surface area contributed by atoms with Crippen LogP contribution >= 0.6 is 0 Å². The molecule has 33 heavy (non-hydrogen) atoms. The number of unbranched alkanes of at least 4 members (excludes halogenated alkanes) is 2. The predicted molar refractivity (Wildman–Crippen MR) is 121 cm³/mol. The van der Waals surface area contributed by atoms with Crippen molar-refractivity contribution in [2.45, 2.75) is 121 Å². The Labute approximate surface area is 196 Å². The Hall–Kier alpha value is -1.09. The normalized spacial score (nSPS) is 29.5. The Kier molecular flexibility index (Phi) is 12.2. The van der Waals surface area contributed by atoms with Gasteiger partial charge in [0.15, 0.2) is 6.29 Å². The first-order valence-corrected chi connectivity index (χ1v) is 12.6. The van der Waals surface area contributed by atoms with Gasteiger partial charge in [-0.3, -0.25) is 4.79 Å². The van der Waals surface area contributed by atoms with E-state index >= 15 is 0 Å². The molecule has 8 heteroatoms. The molecule has 2 fully saturated rings. The van der Waals surface area contributed by atoms with Crippen LogP contribution in [0.15, 0.2) is 12.2 Å².